The summed E-state index contributed by atoms with van der Waals surface area (Å²) in [6.45, 7) is 10.9. The molecule has 20 heavy (non-hydrogen) atoms. The van der Waals surface area contributed by atoms with E-state index in [1.807, 2.05) is 26.0 Å². The van der Waals surface area contributed by atoms with E-state index >= 15 is 0 Å². The Morgan fingerprint density at radius 2 is 1.95 bits per heavy atom. The molecule has 1 aromatic carbocycles. The molecule has 0 unspecified atom stereocenters. The van der Waals surface area contributed by atoms with Crippen molar-refractivity contribution in [2.45, 2.75) is 53.1 Å². The molecular formula is C17H28N2O. The maximum Gasteiger partial charge on any atom is 0.144 e. The van der Waals surface area contributed by atoms with Crippen molar-refractivity contribution in [1.82, 2.24) is 0 Å². The highest BCUT2D eigenvalue weighted by Crippen LogP contribution is 2.36. The van der Waals surface area contributed by atoms with Gasteiger partial charge in [-0.25, -0.2) is 0 Å². The minimum Gasteiger partial charge on any atom is -0.489 e. The predicted octanol–water partition coefficient (Wildman–Crippen LogP) is 4.07. The molecule has 1 fully saturated rings. The monoisotopic (exact) mass is 276 g/mol. The van der Waals surface area contributed by atoms with Gasteiger partial charge in [0.25, 0.3) is 0 Å². The first kappa shape index (κ1) is 15.0. The summed E-state index contributed by atoms with van der Waals surface area (Å²) in [5.74, 6) is 0.806. The molecular weight excluding hydrogens is 248 g/mol. The van der Waals surface area contributed by atoms with Crippen LogP contribution in [0.1, 0.15) is 47.0 Å². The highest BCUT2D eigenvalue weighted by molar-refractivity contribution is 5.74. The maximum absolute atomic E-state index is 6.31. The number of nitrogens with zero attached hydrogens (tertiary/aromatic N) is 1. The first-order valence-electron chi connectivity index (χ1n) is 7.69. The fourth-order valence-electron chi connectivity index (χ4n) is 2.83. The van der Waals surface area contributed by atoms with E-state index < -0.39 is 0 Å². The van der Waals surface area contributed by atoms with Crippen LogP contribution in [0.25, 0.3) is 0 Å². The average Bonchev–Trinajstić information content (AvgIpc) is 2.53. The summed E-state index contributed by atoms with van der Waals surface area (Å²) in [6, 6.07) is 6.11. The minimum absolute atomic E-state index is 0.149. The van der Waals surface area contributed by atoms with Gasteiger partial charge in [0.15, 0.2) is 0 Å². The van der Waals surface area contributed by atoms with E-state index in [2.05, 4.69) is 24.8 Å². The highest BCUT2D eigenvalue weighted by Gasteiger charge is 2.24. The first-order chi connectivity index (χ1) is 9.39. The van der Waals surface area contributed by atoms with Gasteiger partial charge in [-0.1, -0.05) is 19.9 Å². The van der Waals surface area contributed by atoms with Gasteiger partial charge in [0.2, 0.25) is 0 Å². The Balaban J connectivity index is 2.20. The average molecular weight is 276 g/mol. The van der Waals surface area contributed by atoms with Crippen molar-refractivity contribution < 1.29 is 4.74 Å². The molecule has 0 atom stereocenters. The number of hydrogen-bond donors (Lipinski definition) is 1. The second-order valence-electron chi connectivity index (χ2n) is 6.86. The minimum atomic E-state index is 0.149. The van der Waals surface area contributed by atoms with Crippen LogP contribution in [0.4, 0.5) is 11.4 Å². The second-order valence-corrected chi connectivity index (χ2v) is 6.86. The largest absolute Gasteiger partial charge is 0.489 e. The zero-order chi connectivity index (χ0) is 14.8. The van der Waals surface area contributed by atoms with Crippen LogP contribution >= 0.6 is 0 Å². The number of nitrogen functional groups attached to an aromatic ring is 1. The molecule has 0 amide bonds. The summed E-state index contributed by atoms with van der Waals surface area (Å²) >= 11 is 0. The molecule has 3 nitrogen and oxygen atoms in total. The lowest BCUT2D eigenvalue weighted by Gasteiger charge is -2.27. The van der Waals surface area contributed by atoms with Gasteiger partial charge in [-0.2, -0.15) is 0 Å². The third-order valence-corrected chi connectivity index (χ3v) is 4.09. The zero-order valence-electron chi connectivity index (χ0n) is 13.3. The first-order valence-corrected chi connectivity index (χ1v) is 7.69. The van der Waals surface area contributed by atoms with Crippen LogP contribution in [0.15, 0.2) is 18.2 Å². The molecule has 112 valence electrons. The van der Waals surface area contributed by atoms with E-state index in [1.54, 1.807) is 0 Å². The number of rotatable bonds is 3. The van der Waals surface area contributed by atoms with E-state index in [-0.39, 0.29) is 6.10 Å². The summed E-state index contributed by atoms with van der Waals surface area (Å²) in [6.07, 6.45) is 3.87. The normalized spacial score (nSPS) is 18.9. The summed E-state index contributed by atoms with van der Waals surface area (Å²) in [5.41, 5.74) is 8.66. The van der Waals surface area contributed by atoms with Crippen molar-refractivity contribution in [1.29, 1.82) is 0 Å². The molecule has 1 heterocycles. The molecule has 1 aliphatic rings. The Bertz CT molecular complexity index is 454. The Hall–Kier alpha value is -1.38. The fraction of sp³-hybridized carbons (Fsp3) is 0.647. The van der Waals surface area contributed by atoms with Crippen LogP contribution in [0.5, 0.6) is 5.75 Å². The smallest absolute Gasteiger partial charge is 0.144 e. The van der Waals surface area contributed by atoms with Gasteiger partial charge >= 0.3 is 0 Å². The Kier molecular flexibility index (Phi) is 4.46. The Morgan fingerprint density at radius 1 is 1.20 bits per heavy atom. The number of para-hydroxylation sites is 1. The van der Waals surface area contributed by atoms with E-state index in [4.69, 9.17) is 10.5 Å². The van der Waals surface area contributed by atoms with E-state index in [0.717, 1.165) is 30.2 Å². The molecule has 0 aliphatic carbocycles. The summed E-state index contributed by atoms with van der Waals surface area (Å²) in [7, 11) is 0. The number of hydrogen-bond acceptors (Lipinski definition) is 3. The molecule has 0 spiro atoms. The van der Waals surface area contributed by atoms with Gasteiger partial charge in [-0.3, -0.25) is 0 Å². The van der Waals surface area contributed by atoms with E-state index in [1.165, 1.54) is 19.3 Å². The molecule has 0 aromatic heterocycles. The van der Waals surface area contributed by atoms with Crippen molar-refractivity contribution in [3.8, 4) is 5.75 Å². The summed E-state index contributed by atoms with van der Waals surface area (Å²) in [5, 5.41) is 0. The number of nitrogens with two attached hydrogens (primary N) is 1. The zero-order valence-corrected chi connectivity index (χ0v) is 13.3. The SMILES string of the molecule is CC(C)Oc1cccc(N2CCCC(C)(C)CC2)c1N. The molecule has 2 rings (SSSR count). The van der Waals surface area contributed by atoms with E-state index in [0.29, 0.717) is 5.41 Å². The van der Waals surface area contributed by atoms with Gasteiger partial charge < -0.3 is 15.4 Å². The highest BCUT2D eigenvalue weighted by atomic mass is 16.5. The summed E-state index contributed by atoms with van der Waals surface area (Å²) < 4.78 is 5.80. The lowest BCUT2D eigenvalue weighted by molar-refractivity contribution is 0.244. The third kappa shape index (κ3) is 3.59. The third-order valence-electron chi connectivity index (χ3n) is 4.09. The van der Waals surface area contributed by atoms with Crippen LogP contribution in [-0.4, -0.2) is 19.2 Å². The van der Waals surface area contributed by atoms with Crippen LogP contribution in [-0.2, 0) is 0 Å². The quantitative estimate of drug-likeness (QED) is 0.846. The number of anilines is 2. The van der Waals surface area contributed by atoms with Gasteiger partial charge in [0.05, 0.1) is 17.5 Å². The maximum atomic E-state index is 6.31. The van der Waals surface area contributed by atoms with E-state index in [9.17, 15) is 0 Å². The Morgan fingerprint density at radius 3 is 2.65 bits per heavy atom. The molecule has 0 bridgehead atoms. The number of benzene rings is 1. The molecule has 1 aromatic rings. The summed E-state index contributed by atoms with van der Waals surface area (Å²) in [4.78, 5) is 2.41. The van der Waals surface area contributed by atoms with Crippen molar-refractivity contribution in [2.75, 3.05) is 23.7 Å². The molecule has 3 heteroatoms. The molecule has 1 aliphatic heterocycles. The lowest BCUT2D eigenvalue weighted by Crippen LogP contribution is -2.26. The molecule has 1 saturated heterocycles. The van der Waals surface area contributed by atoms with Gasteiger partial charge in [-0.05, 0) is 50.7 Å². The predicted molar refractivity (Wildman–Crippen MR) is 86.5 cm³/mol. The molecule has 0 saturated carbocycles. The fourth-order valence-corrected chi connectivity index (χ4v) is 2.83. The second kappa shape index (κ2) is 5.94. The van der Waals surface area contributed by atoms with Crippen LogP contribution in [0.2, 0.25) is 0 Å². The Labute approximate surface area is 123 Å². The van der Waals surface area contributed by atoms with Crippen LogP contribution in [0, 0.1) is 5.41 Å². The lowest BCUT2D eigenvalue weighted by atomic mass is 9.85. The van der Waals surface area contributed by atoms with Crippen molar-refractivity contribution in [2.24, 2.45) is 5.41 Å². The van der Waals surface area contributed by atoms with Crippen molar-refractivity contribution in [3.05, 3.63) is 18.2 Å². The van der Waals surface area contributed by atoms with Crippen LogP contribution < -0.4 is 15.4 Å². The van der Waals surface area contributed by atoms with Gasteiger partial charge in [-0.15, -0.1) is 0 Å². The number of ether oxygens (including phenoxy) is 1. The van der Waals surface area contributed by atoms with Gasteiger partial charge in [0.1, 0.15) is 5.75 Å². The van der Waals surface area contributed by atoms with Crippen LogP contribution in [0.3, 0.4) is 0 Å². The van der Waals surface area contributed by atoms with Crippen molar-refractivity contribution >= 4 is 11.4 Å². The standard InChI is InChI=1S/C17H28N2O/c1-13(2)20-15-8-5-7-14(16(15)18)19-11-6-9-17(3,4)10-12-19/h5,7-8,13H,6,9-12,18H2,1-4H3. The van der Waals surface area contributed by atoms with Crippen molar-refractivity contribution in [3.63, 3.8) is 0 Å². The topological polar surface area (TPSA) is 38.5 Å². The van der Waals surface area contributed by atoms with Gasteiger partial charge in [0, 0.05) is 13.1 Å². The molecule has 2 N–H and O–H groups in total. The molecule has 0 radical (unpaired) electrons.